The molecule has 1 saturated heterocycles. The fourth-order valence-electron chi connectivity index (χ4n) is 2.08. The van der Waals surface area contributed by atoms with Gasteiger partial charge in [0.15, 0.2) is 0 Å². The average Bonchev–Trinajstić information content (AvgIpc) is 2.27. The number of nitrogens with two attached hydrogens (primary N) is 1. The van der Waals surface area contributed by atoms with Gasteiger partial charge in [-0.05, 0) is 5.92 Å². The zero-order valence-corrected chi connectivity index (χ0v) is 10.8. The normalized spacial score (nSPS) is 20.2. The Balaban J connectivity index is 2.34. The summed E-state index contributed by atoms with van der Waals surface area (Å²) in [4.78, 5) is 16.3. The molecule has 0 saturated carbocycles. The monoisotopic (exact) mass is 227 g/mol. The summed E-state index contributed by atoms with van der Waals surface area (Å²) < 4.78 is 0. The van der Waals surface area contributed by atoms with Gasteiger partial charge in [0.2, 0.25) is 5.91 Å². The quantitative estimate of drug-likeness (QED) is 0.755. The highest BCUT2D eigenvalue weighted by Crippen LogP contribution is 2.08. The number of carbonyl (C=O) groups is 1. The van der Waals surface area contributed by atoms with Gasteiger partial charge in [-0.15, -0.1) is 0 Å². The summed E-state index contributed by atoms with van der Waals surface area (Å²) in [6.07, 6.45) is 0. The standard InChI is InChI=1S/C12H25N3O/c1-10(2)9-14-4-6-15(7-5-14)12(16)11(3)8-13/h10-11H,4-9,13H2,1-3H3. The first-order valence-electron chi connectivity index (χ1n) is 6.25. The fourth-order valence-corrected chi connectivity index (χ4v) is 2.08. The number of hydrogen-bond acceptors (Lipinski definition) is 3. The molecule has 16 heavy (non-hydrogen) atoms. The Hall–Kier alpha value is -0.610. The Labute approximate surface area is 98.8 Å². The minimum absolute atomic E-state index is 0.0309. The smallest absolute Gasteiger partial charge is 0.226 e. The molecule has 0 radical (unpaired) electrons. The summed E-state index contributed by atoms with van der Waals surface area (Å²) in [5, 5.41) is 0. The van der Waals surface area contributed by atoms with Crippen molar-refractivity contribution in [3.05, 3.63) is 0 Å². The zero-order chi connectivity index (χ0) is 12.1. The lowest BCUT2D eigenvalue weighted by molar-refractivity contribution is -0.136. The van der Waals surface area contributed by atoms with Gasteiger partial charge in [0.1, 0.15) is 0 Å². The van der Waals surface area contributed by atoms with E-state index in [1.165, 1.54) is 0 Å². The van der Waals surface area contributed by atoms with Crippen LogP contribution in [0.5, 0.6) is 0 Å². The van der Waals surface area contributed by atoms with Crippen molar-refractivity contribution in [3.8, 4) is 0 Å². The Kier molecular flexibility index (Phi) is 5.22. The molecule has 1 atom stereocenters. The van der Waals surface area contributed by atoms with Gasteiger partial charge in [0.25, 0.3) is 0 Å². The molecule has 0 aromatic carbocycles. The van der Waals surface area contributed by atoms with Gasteiger partial charge in [-0.1, -0.05) is 20.8 Å². The lowest BCUT2D eigenvalue weighted by Crippen LogP contribution is -2.51. The van der Waals surface area contributed by atoms with E-state index >= 15 is 0 Å². The van der Waals surface area contributed by atoms with Crippen LogP contribution in [0.2, 0.25) is 0 Å². The lowest BCUT2D eigenvalue weighted by atomic mass is 10.1. The first-order valence-corrected chi connectivity index (χ1v) is 6.25. The molecule has 1 aliphatic rings. The first-order chi connectivity index (χ1) is 7.54. The lowest BCUT2D eigenvalue weighted by Gasteiger charge is -2.36. The van der Waals surface area contributed by atoms with Gasteiger partial charge in [0.05, 0.1) is 0 Å². The largest absolute Gasteiger partial charge is 0.340 e. The SMILES string of the molecule is CC(C)CN1CCN(C(=O)C(C)CN)CC1. The third kappa shape index (κ3) is 3.76. The van der Waals surface area contributed by atoms with E-state index in [1.807, 2.05) is 11.8 Å². The van der Waals surface area contributed by atoms with Gasteiger partial charge >= 0.3 is 0 Å². The third-order valence-electron chi connectivity index (χ3n) is 3.08. The van der Waals surface area contributed by atoms with Crippen molar-refractivity contribution < 1.29 is 4.79 Å². The van der Waals surface area contributed by atoms with Crippen LogP contribution in [0.3, 0.4) is 0 Å². The molecule has 4 nitrogen and oxygen atoms in total. The van der Waals surface area contributed by atoms with Gasteiger partial charge in [0, 0.05) is 45.2 Å². The molecule has 2 N–H and O–H groups in total. The van der Waals surface area contributed by atoms with E-state index in [2.05, 4.69) is 18.7 Å². The molecule has 1 aliphatic heterocycles. The summed E-state index contributed by atoms with van der Waals surface area (Å²) in [6, 6.07) is 0. The first kappa shape index (κ1) is 13.5. The van der Waals surface area contributed by atoms with E-state index in [0.29, 0.717) is 12.5 Å². The maximum Gasteiger partial charge on any atom is 0.226 e. The van der Waals surface area contributed by atoms with Crippen LogP contribution in [0.4, 0.5) is 0 Å². The van der Waals surface area contributed by atoms with E-state index in [9.17, 15) is 4.79 Å². The van der Waals surface area contributed by atoms with E-state index in [-0.39, 0.29) is 11.8 Å². The Bertz CT molecular complexity index is 222. The van der Waals surface area contributed by atoms with Crippen molar-refractivity contribution in [1.82, 2.24) is 9.80 Å². The molecule has 1 rings (SSSR count). The summed E-state index contributed by atoms with van der Waals surface area (Å²) in [6.45, 7) is 11.7. The van der Waals surface area contributed by atoms with E-state index in [4.69, 9.17) is 5.73 Å². The predicted molar refractivity (Wildman–Crippen MR) is 66.1 cm³/mol. The number of nitrogens with zero attached hydrogens (tertiary/aromatic N) is 2. The molecule has 1 fully saturated rings. The van der Waals surface area contributed by atoms with E-state index in [0.717, 1.165) is 32.7 Å². The summed E-state index contributed by atoms with van der Waals surface area (Å²) >= 11 is 0. The number of carbonyl (C=O) groups excluding carboxylic acids is 1. The molecule has 0 aliphatic carbocycles. The minimum Gasteiger partial charge on any atom is -0.340 e. The van der Waals surface area contributed by atoms with Crippen LogP contribution < -0.4 is 5.73 Å². The number of amides is 1. The summed E-state index contributed by atoms with van der Waals surface area (Å²) in [5.41, 5.74) is 5.51. The van der Waals surface area contributed by atoms with Crippen LogP contribution in [0.15, 0.2) is 0 Å². The molecule has 0 aromatic heterocycles. The van der Waals surface area contributed by atoms with Gasteiger partial charge in [-0.3, -0.25) is 9.69 Å². The van der Waals surface area contributed by atoms with Crippen molar-refractivity contribution in [2.75, 3.05) is 39.3 Å². The fraction of sp³-hybridized carbons (Fsp3) is 0.917. The molecule has 1 unspecified atom stereocenters. The third-order valence-corrected chi connectivity index (χ3v) is 3.08. The maximum absolute atomic E-state index is 11.9. The Morgan fingerprint density at radius 1 is 1.19 bits per heavy atom. The average molecular weight is 227 g/mol. The molecule has 94 valence electrons. The van der Waals surface area contributed by atoms with E-state index in [1.54, 1.807) is 0 Å². The van der Waals surface area contributed by atoms with Crippen LogP contribution in [-0.4, -0.2) is 55.0 Å². The second-order valence-electron chi connectivity index (χ2n) is 5.16. The van der Waals surface area contributed by atoms with Crippen molar-refractivity contribution in [2.24, 2.45) is 17.6 Å². The number of hydrogen-bond donors (Lipinski definition) is 1. The van der Waals surface area contributed by atoms with Crippen molar-refractivity contribution >= 4 is 5.91 Å². The van der Waals surface area contributed by atoms with Crippen LogP contribution in [0.25, 0.3) is 0 Å². The molecule has 0 bridgehead atoms. The molecule has 1 amide bonds. The Morgan fingerprint density at radius 3 is 2.19 bits per heavy atom. The zero-order valence-electron chi connectivity index (χ0n) is 10.8. The molecule has 1 heterocycles. The van der Waals surface area contributed by atoms with Crippen LogP contribution in [0.1, 0.15) is 20.8 Å². The highest BCUT2D eigenvalue weighted by Gasteiger charge is 2.24. The van der Waals surface area contributed by atoms with Gasteiger partial charge < -0.3 is 10.6 Å². The van der Waals surface area contributed by atoms with Crippen LogP contribution in [-0.2, 0) is 4.79 Å². The summed E-state index contributed by atoms with van der Waals surface area (Å²) in [5.74, 6) is 0.883. The topological polar surface area (TPSA) is 49.6 Å². The molecule has 4 heteroatoms. The highest BCUT2D eigenvalue weighted by molar-refractivity contribution is 5.78. The molecular weight excluding hydrogens is 202 g/mol. The van der Waals surface area contributed by atoms with Crippen molar-refractivity contribution in [2.45, 2.75) is 20.8 Å². The van der Waals surface area contributed by atoms with Gasteiger partial charge in [-0.25, -0.2) is 0 Å². The summed E-state index contributed by atoms with van der Waals surface area (Å²) in [7, 11) is 0. The number of piperazine rings is 1. The molecule has 0 spiro atoms. The highest BCUT2D eigenvalue weighted by atomic mass is 16.2. The van der Waals surface area contributed by atoms with Crippen LogP contribution >= 0.6 is 0 Å². The van der Waals surface area contributed by atoms with Crippen molar-refractivity contribution in [1.29, 1.82) is 0 Å². The second-order valence-corrected chi connectivity index (χ2v) is 5.16. The minimum atomic E-state index is -0.0309. The van der Waals surface area contributed by atoms with E-state index < -0.39 is 0 Å². The van der Waals surface area contributed by atoms with Crippen molar-refractivity contribution in [3.63, 3.8) is 0 Å². The molecule has 0 aromatic rings. The second kappa shape index (κ2) is 6.21. The number of rotatable bonds is 4. The van der Waals surface area contributed by atoms with Crippen LogP contribution in [0, 0.1) is 11.8 Å². The van der Waals surface area contributed by atoms with Gasteiger partial charge in [-0.2, -0.15) is 0 Å². The maximum atomic E-state index is 11.9. The predicted octanol–water partition coefficient (Wildman–Crippen LogP) is 0.381. The molecular formula is C12H25N3O. The Morgan fingerprint density at radius 2 is 1.75 bits per heavy atom.